The first kappa shape index (κ1) is 14.5. The van der Waals surface area contributed by atoms with Crippen molar-refractivity contribution in [2.24, 2.45) is 0 Å². The van der Waals surface area contributed by atoms with Gasteiger partial charge in [0.05, 0.1) is 6.10 Å². The molecule has 0 saturated carbocycles. The molecular formula is C14H17ClN4O. The summed E-state index contributed by atoms with van der Waals surface area (Å²) < 4.78 is 5.42. The molecule has 1 heterocycles. The van der Waals surface area contributed by atoms with Crippen LogP contribution in [-0.4, -0.2) is 21.1 Å². The maximum atomic E-state index is 5.85. The lowest BCUT2D eigenvalue weighted by molar-refractivity contribution is 0.222. The SMILES string of the molecule is Cc1ccc(CNc2nc(Cl)nc(OC(C)C)n2)cc1. The molecule has 0 radical (unpaired) electrons. The van der Waals surface area contributed by atoms with Crippen molar-refractivity contribution in [3.8, 4) is 6.01 Å². The number of ether oxygens (including phenoxy) is 1. The second-order valence-corrected chi connectivity index (χ2v) is 5.05. The van der Waals surface area contributed by atoms with Crippen molar-refractivity contribution in [3.63, 3.8) is 0 Å². The largest absolute Gasteiger partial charge is 0.461 e. The fourth-order valence-electron chi connectivity index (χ4n) is 1.56. The molecular weight excluding hydrogens is 276 g/mol. The Morgan fingerprint density at radius 1 is 1.15 bits per heavy atom. The third-order valence-electron chi connectivity index (χ3n) is 2.50. The maximum Gasteiger partial charge on any atom is 0.322 e. The second-order valence-electron chi connectivity index (χ2n) is 4.72. The molecule has 0 aliphatic heterocycles. The summed E-state index contributed by atoms with van der Waals surface area (Å²) in [6.45, 7) is 6.47. The molecule has 20 heavy (non-hydrogen) atoms. The minimum Gasteiger partial charge on any atom is -0.461 e. The number of halogens is 1. The fraction of sp³-hybridized carbons (Fsp3) is 0.357. The Morgan fingerprint density at radius 3 is 2.50 bits per heavy atom. The molecule has 0 atom stereocenters. The summed E-state index contributed by atoms with van der Waals surface area (Å²) in [5, 5.41) is 3.22. The molecule has 0 bridgehead atoms. The van der Waals surface area contributed by atoms with Gasteiger partial charge in [0.25, 0.3) is 0 Å². The van der Waals surface area contributed by atoms with Crippen molar-refractivity contribution >= 4 is 17.5 Å². The molecule has 0 aliphatic carbocycles. The van der Waals surface area contributed by atoms with Crippen LogP contribution in [0.2, 0.25) is 5.28 Å². The Kier molecular flexibility index (Phi) is 4.74. The Bertz CT molecular complexity index is 572. The van der Waals surface area contributed by atoms with Crippen molar-refractivity contribution < 1.29 is 4.74 Å². The number of hydrogen-bond acceptors (Lipinski definition) is 5. The summed E-state index contributed by atoms with van der Waals surface area (Å²) in [4.78, 5) is 12.1. The standard InChI is InChI=1S/C14H17ClN4O/c1-9(2)20-14-18-12(15)17-13(19-14)16-8-11-6-4-10(3)5-7-11/h4-7,9H,8H2,1-3H3,(H,16,17,18,19). The van der Waals surface area contributed by atoms with Crippen LogP contribution < -0.4 is 10.1 Å². The van der Waals surface area contributed by atoms with E-state index in [0.29, 0.717) is 12.5 Å². The van der Waals surface area contributed by atoms with Gasteiger partial charge >= 0.3 is 6.01 Å². The summed E-state index contributed by atoms with van der Waals surface area (Å²) >= 11 is 5.85. The number of hydrogen-bond donors (Lipinski definition) is 1. The normalized spacial score (nSPS) is 10.7. The van der Waals surface area contributed by atoms with E-state index in [1.165, 1.54) is 5.56 Å². The summed E-state index contributed by atoms with van der Waals surface area (Å²) in [5.41, 5.74) is 2.36. The summed E-state index contributed by atoms with van der Waals surface area (Å²) in [5.74, 6) is 0.404. The molecule has 106 valence electrons. The van der Waals surface area contributed by atoms with E-state index in [-0.39, 0.29) is 17.4 Å². The Labute approximate surface area is 123 Å². The number of benzene rings is 1. The molecule has 0 saturated heterocycles. The summed E-state index contributed by atoms with van der Waals surface area (Å²) in [7, 11) is 0. The molecule has 5 nitrogen and oxygen atoms in total. The van der Waals surface area contributed by atoms with Crippen LogP contribution in [-0.2, 0) is 6.54 Å². The molecule has 0 spiro atoms. The molecule has 1 N–H and O–H groups in total. The van der Waals surface area contributed by atoms with E-state index in [1.54, 1.807) is 0 Å². The third kappa shape index (κ3) is 4.35. The number of nitrogens with one attached hydrogen (secondary N) is 1. The minimum atomic E-state index is -0.0154. The van der Waals surface area contributed by atoms with E-state index in [9.17, 15) is 0 Å². The zero-order valence-electron chi connectivity index (χ0n) is 11.7. The number of aromatic nitrogens is 3. The number of rotatable bonds is 5. The highest BCUT2D eigenvalue weighted by Gasteiger charge is 2.07. The van der Waals surface area contributed by atoms with Gasteiger partial charge in [0, 0.05) is 6.54 Å². The summed E-state index contributed by atoms with van der Waals surface area (Å²) in [6.07, 6.45) is -0.0154. The zero-order chi connectivity index (χ0) is 14.5. The molecule has 0 aliphatic rings. The van der Waals surface area contributed by atoms with Crippen molar-refractivity contribution in [1.82, 2.24) is 15.0 Å². The van der Waals surface area contributed by atoms with Gasteiger partial charge < -0.3 is 10.1 Å². The highest BCUT2D eigenvalue weighted by molar-refractivity contribution is 6.28. The average molecular weight is 293 g/mol. The quantitative estimate of drug-likeness (QED) is 0.917. The lowest BCUT2D eigenvalue weighted by atomic mass is 10.1. The van der Waals surface area contributed by atoms with E-state index in [0.717, 1.165) is 5.56 Å². The average Bonchev–Trinajstić information content (AvgIpc) is 2.36. The van der Waals surface area contributed by atoms with Crippen LogP contribution >= 0.6 is 11.6 Å². The lowest BCUT2D eigenvalue weighted by Crippen LogP contribution is -2.11. The van der Waals surface area contributed by atoms with E-state index in [4.69, 9.17) is 16.3 Å². The molecule has 0 amide bonds. The molecule has 2 aromatic rings. The van der Waals surface area contributed by atoms with E-state index < -0.39 is 0 Å². The van der Waals surface area contributed by atoms with Crippen molar-refractivity contribution in [2.45, 2.75) is 33.4 Å². The van der Waals surface area contributed by atoms with Gasteiger partial charge in [0.15, 0.2) is 0 Å². The van der Waals surface area contributed by atoms with Crippen LogP contribution in [0.3, 0.4) is 0 Å². The molecule has 2 rings (SSSR count). The van der Waals surface area contributed by atoms with Crippen LogP contribution in [0.5, 0.6) is 6.01 Å². The molecule has 1 aromatic heterocycles. The van der Waals surface area contributed by atoms with Crippen molar-refractivity contribution in [2.75, 3.05) is 5.32 Å². The van der Waals surface area contributed by atoms with Gasteiger partial charge in [-0.05, 0) is 37.9 Å². The highest BCUT2D eigenvalue weighted by atomic mass is 35.5. The van der Waals surface area contributed by atoms with Crippen LogP contribution in [0.15, 0.2) is 24.3 Å². The smallest absolute Gasteiger partial charge is 0.322 e. The fourth-order valence-corrected chi connectivity index (χ4v) is 1.71. The maximum absolute atomic E-state index is 5.85. The van der Waals surface area contributed by atoms with Crippen molar-refractivity contribution in [3.05, 3.63) is 40.7 Å². The van der Waals surface area contributed by atoms with Gasteiger partial charge in [0.2, 0.25) is 11.2 Å². The van der Waals surface area contributed by atoms with Crippen LogP contribution in [0.25, 0.3) is 0 Å². The number of anilines is 1. The second kappa shape index (κ2) is 6.52. The number of nitrogens with zero attached hydrogens (tertiary/aromatic N) is 3. The van der Waals surface area contributed by atoms with Gasteiger partial charge in [-0.2, -0.15) is 15.0 Å². The Morgan fingerprint density at radius 2 is 1.85 bits per heavy atom. The third-order valence-corrected chi connectivity index (χ3v) is 2.67. The van der Waals surface area contributed by atoms with Crippen LogP contribution in [0, 0.1) is 6.92 Å². The van der Waals surface area contributed by atoms with Gasteiger partial charge in [-0.25, -0.2) is 0 Å². The molecule has 6 heteroatoms. The van der Waals surface area contributed by atoms with E-state index in [1.807, 2.05) is 13.8 Å². The molecule has 0 unspecified atom stereocenters. The summed E-state index contributed by atoms with van der Waals surface area (Å²) in [6, 6.07) is 8.45. The Hall–Kier alpha value is -1.88. The first-order chi connectivity index (χ1) is 9.52. The molecule has 1 aromatic carbocycles. The first-order valence-electron chi connectivity index (χ1n) is 6.40. The number of aryl methyl sites for hydroxylation is 1. The zero-order valence-corrected chi connectivity index (χ0v) is 12.5. The lowest BCUT2D eigenvalue weighted by Gasteiger charge is -2.10. The van der Waals surface area contributed by atoms with Gasteiger partial charge in [-0.1, -0.05) is 29.8 Å². The van der Waals surface area contributed by atoms with E-state index in [2.05, 4.69) is 51.5 Å². The highest BCUT2D eigenvalue weighted by Crippen LogP contribution is 2.13. The molecule has 0 fully saturated rings. The first-order valence-corrected chi connectivity index (χ1v) is 6.78. The predicted octanol–water partition coefficient (Wildman–Crippen LogP) is 3.23. The predicted molar refractivity (Wildman–Crippen MR) is 79.1 cm³/mol. The monoisotopic (exact) mass is 292 g/mol. The topological polar surface area (TPSA) is 59.9 Å². The van der Waals surface area contributed by atoms with Gasteiger partial charge in [-0.15, -0.1) is 0 Å². The minimum absolute atomic E-state index is 0.0154. The van der Waals surface area contributed by atoms with Gasteiger partial charge in [-0.3, -0.25) is 0 Å². The van der Waals surface area contributed by atoms with Crippen LogP contribution in [0.1, 0.15) is 25.0 Å². The van der Waals surface area contributed by atoms with Crippen LogP contribution in [0.4, 0.5) is 5.95 Å². The Balaban J connectivity index is 2.05. The van der Waals surface area contributed by atoms with Gasteiger partial charge in [0.1, 0.15) is 0 Å². The van der Waals surface area contributed by atoms with Crippen molar-refractivity contribution in [1.29, 1.82) is 0 Å². The van der Waals surface area contributed by atoms with E-state index >= 15 is 0 Å².